The molecule has 1 fully saturated rings. The third-order valence-electron chi connectivity index (χ3n) is 3.64. The highest BCUT2D eigenvalue weighted by Gasteiger charge is 2.32. The van der Waals surface area contributed by atoms with Crippen molar-refractivity contribution in [1.29, 1.82) is 0 Å². The van der Waals surface area contributed by atoms with Crippen molar-refractivity contribution >= 4 is 40.6 Å². The fourth-order valence-corrected chi connectivity index (χ4v) is 3.21. The van der Waals surface area contributed by atoms with Gasteiger partial charge in [-0.3, -0.25) is 9.59 Å². The highest BCUT2D eigenvalue weighted by atomic mass is 32.2. The summed E-state index contributed by atoms with van der Waals surface area (Å²) in [6.07, 6.45) is 1.68. The van der Waals surface area contributed by atoms with E-state index in [1.54, 1.807) is 6.21 Å². The van der Waals surface area contributed by atoms with E-state index in [0.29, 0.717) is 10.9 Å². The van der Waals surface area contributed by atoms with Crippen molar-refractivity contribution in [2.24, 2.45) is 10.2 Å². The molecule has 0 aromatic heterocycles. The molecule has 2 N–H and O–H groups in total. The van der Waals surface area contributed by atoms with Crippen molar-refractivity contribution in [3.8, 4) is 0 Å². The Balaban J connectivity index is 1.54. The van der Waals surface area contributed by atoms with Crippen molar-refractivity contribution in [1.82, 2.24) is 5.32 Å². The van der Waals surface area contributed by atoms with Crippen molar-refractivity contribution < 1.29 is 9.59 Å². The van der Waals surface area contributed by atoms with Crippen LogP contribution in [0.15, 0.2) is 64.8 Å². The van der Waals surface area contributed by atoms with Gasteiger partial charge in [-0.2, -0.15) is 5.10 Å². The molecule has 26 heavy (non-hydrogen) atoms. The Morgan fingerprint density at radius 3 is 2.65 bits per heavy atom. The third kappa shape index (κ3) is 5.03. The molecule has 6 nitrogen and oxygen atoms in total. The topological polar surface area (TPSA) is 82.9 Å². The first-order valence-corrected chi connectivity index (χ1v) is 8.98. The van der Waals surface area contributed by atoms with Gasteiger partial charge in [-0.25, -0.2) is 0 Å². The molecular formula is C19H18N4O2S. The summed E-state index contributed by atoms with van der Waals surface area (Å²) in [5, 5.41) is 13.3. The molecule has 2 aromatic carbocycles. The van der Waals surface area contributed by atoms with Crippen LogP contribution in [-0.4, -0.2) is 28.4 Å². The number of hydrogen-bond donors (Lipinski definition) is 2. The average Bonchev–Trinajstić information content (AvgIpc) is 2.97. The summed E-state index contributed by atoms with van der Waals surface area (Å²) in [6, 6.07) is 17.0. The molecule has 0 radical (unpaired) electrons. The van der Waals surface area contributed by atoms with E-state index in [2.05, 4.69) is 20.8 Å². The van der Waals surface area contributed by atoms with Crippen molar-refractivity contribution in [2.45, 2.75) is 18.6 Å². The minimum atomic E-state index is -0.508. The number of rotatable bonds is 5. The first-order valence-electron chi connectivity index (χ1n) is 8.10. The minimum absolute atomic E-state index is 0.0752. The Labute approximate surface area is 155 Å². The predicted molar refractivity (Wildman–Crippen MR) is 105 cm³/mol. The molecule has 1 aliphatic rings. The molecule has 0 saturated carbocycles. The fraction of sp³-hybridized carbons (Fsp3) is 0.158. The van der Waals surface area contributed by atoms with Gasteiger partial charge in [0.2, 0.25) is 11.8 Å². The molecule has 0 bridgehead atoms. The number of amidine groups is 1. The van der Waals surface area contributed by atoms with Crippen molar-refractivity contribution in [2.75, 3.05) is 5.32 Å². The average molecular weight is 366 g/mol. The van der Waals surface area contributed by atoms with Crippen molar-refractivity contribution in [3.63, 3.8) is 0 Å². The lowest BCUT2D eigenvalue weighted by Gasteiger charge is -2.07. The number of anilines is 1. The number of aryl methyl sites for hydroxylation is 1. The number of nitrogens with one attached hydrogen (secondary N) is 2. The zero-order valence-corrected chi connectivity index (χ0v) is 15.0. The third-order valence-corrected chi connectivity index (χ3v) is 4.71. The number of amides is 2. The zero-order valence-electron chi connectivity index (χ0n) is 14.2. The molecule has 1 aliphatic heterocycles. The van der Waals surface area contributed by atoms with Gasteiger partial charge < -0.3 is 10.6 Å². The van der Waals surface area contributed by atoms with E-state index in [1.165, 1.54) is 11.8 Å². The Kier molecular flexibility index (Phi) is 5.80. The summed E-state index contributed by atoms with van der Waals surface area (Å²) >= 11 is 1.21. The monoisotopic (exact) mass is 366 g/mol. The first-order chi connectivity index (χ1) is 12.6. The van der Waals surface area contributed by atoms with Crippen LogP contribution in [0.2, 0.25) is 0 Å². The van der Waals surface area contributed by atoms with Gasteiger partial charge in [0.1, 0.15) is 5.25 Å². The minimum Gasteiger partial charge on any atom is -0.326 e. The highest BCUT2D eigenvalue weighted by Crippen LogP contribution is 2.23. The van der Waals surface area contributed by atoms with Crippen LogP contribution in [0, 0.1) is 6.92 Å². The van der Waals surface area contributed by atoms with Crippen LogP contribution in [0.3, 0.4) is 0 Å². The van der Waals surface area contributed by atoms with Gasteiger partial charge in [0.05, 0.1) is 6.21 Å². The van der Waals surface area contributed by atoms with Gasteiger partial charge in [-0.15, -0.1) is 5.10 Å². The molecular weight excluding hydrogens is 348 g/mol. The largest absolute Gasteiger partial charge is 0.326 e. The molecule has 0 aliphatic carbocycles. The zero-order chi connectivity index (χ0) is 18.4. The number of carbonyl (C=O) groups is 2. The molecule has 0 spiro atoms. The lowest BCUT2D eigenvalue weighted by Crippen LogP contribution is -2.28. The van der Waals surface area contributed by atoms with E-state index < -0.39 is 5.25 Å². The van der Waals surface area contributed by atoms with Gasteiger partial charge >= 0.3 is 0 Å². The summed E-state index contributed by atoms with van der Waals surface area (Å²) in [5.74, 6) is -0.446. The van der Waals surface area contributed by atoms with Gasteiger partial charge in [-0.1, -0.05) is 59.8 Å². The highest BCUT2D eigenvalue weighted by molar-refractivity contribution is 8.15. The van der Waals surface area contributed by atoms with Crippen LogP contribution in [0.4, 0.5) is 5.69 Å². The second kappa shape index (κ2) is 8.44. The lowest BCUT2D eigenvalue weighted by atomic mass is 10.2. The van der Waals surface area contributed by atoms with E-state index in [-0.39, 0.29) is 18.2 Å². The molecule has 2 aromatic rings. The molecule has 1 atom stereocenters. The van der Waals surface area contributed by atoms with Crippen LogP contribution in [-0.2, 0) is 9.59 Å². The maximum absolute atomic E-state index is 12.1. The van der Waals surface area contributed by atoms with E-state index in [0.717, 1.165) is 11.1 Å². The number of thioether (sulfide) groups is 1. The summed E-state index contributed by atoms with van der Waals surface area (Å²) in [7, 11) is 0. The molecule has 3 rings (SSSR count). The van der Waals surface area contributed by atoms with Crippen LogP contribution >= 0.6 is 11.8 Å². The SMILES string of the molecule is Cc1ccc(NC(=O)CC2S/C(=N\N=C\c3ccccc3)NC2=O)cc1. The molecule has 132 valence electrons. The normalized spacial score (nSPS) is 18.3. The summed E-state index contributed by atoms with van der Waals surface area (Å²) < 4.78 is 0. The standard InChI is InChI=1S/C19H18N4O2S/c1-13-7-9-15(10-8-13)21-17(24)11-16-18(25)22-19(26-16)23-20-12-14-5-3-2-4-6-14/h2-10,12,16H,11H2,1H3,(H,21,24)(H,22,23,25)/b20-12+. The first kappa shape index (κ1) is 17.9. The van der Waals surface area contributed by atoms with Crippen LogP contribution in [0.5, 0.6) is 0 Å². The Morgan fingerprint density at radius 2 is 1.92 bits per heavy atom. The van der Waals surface area contributed by atoms with Gasteiger partial charge in [0, 0.05) is 12.1 Å². The smallest absolute Gasteiger partial charge is 0.240 e. The second-order valence-corrected chi connectivity index (χ2v) is 6.97. The Hall–Kier alpha value is -2.93. The lowest BCUT2D eigenvalue weighted by molar-refractivity contribution is -0.122. The maximum Gasteiger partial charge on any atom is 0.240 e. The molecule has 7 heteroatoms. The van der Waals surface area contributed by atoms with Gasteiger partial charge in [0.25, 0.3) is 0 Å². The number of nitrogens with zero attached hydrogens (tertiary/aromatic N) is 2. The quantitative estimate of drug-likeness (QED) is 0.630. The second-order valence-electron chi connectivity index (χ2n) is 5.77. The summed E-state index contributed by atoms with van der Waals surface area (Å²) in [4.78, 5) is 24.1. The Morgan fingerprint density at radius 1 is 1.19 bits per heavy atom. The van der Waals surface area contributed by atoms with E-state index in [1.807, 2.05) is 61.5 Å². The molecule has 1 unspecified atom stereocenters. The van der Waals surface area contributed by atoms with E-state index in [9.17, 15) is 9.59 Å². The van der Waals surface area contributed by atoms with Crippen LogP contribution in [0.1, 0.15) is 17.5 Å². The number of hydrogen-bond acceptors (Lipinski definition) is 5. The van der Waals surface area contributed by atoms with Crippen molar-refractivity contribution in [3.05, 3.63) is 65.7 Å². The molecule has 1 saturated heterocycles. The van der Waals surface area contributed by atoms with Crippen LogP contribution in [0.25, 0.3) is 0 Å². The summed E-state index contributed by atoms with van der Waals surface area (Å²) in [6.45, 7) is 1.98. The van der Waals surface area contributed by atoms with E-state index >= 15 is 0 Å². The fourth-order valence-electron chi connectivity index (χ4n) is 2.29. The molecule has 1 heterocycles. The molecule has 2 amide bonds. The predicted octanol–water partition coefficient (Wildman–Crippen LogP) is 2.95. The Bertz CT molecular complexity index is 848. The number of benzene rings is 2. The van der Waals surface area contributed by atoms with Gasteiger partial charge in [0.15, 0.2) is 5.17 Å². The van der Waals surface area contributed by atoms with Crippen LogP contribution < -0.4 is 10.6 Å². The van der Waals surface area contributed by atoms with Gasteiger partial charge in [-0.05, 0) is 24.6 Å². The van der Waals surface area contributed by atoms with E-state index in [4.69, 9.17) is 0 Å². The summed E-state index contributed by atoms with van der Waals surface area (Å²) in [5.41, 5.74) is 2.75. The maximum atomic E-state index is 12.1. The number of carbonyl (C=O) groups excluding carboxylic acids is 2.